The first-order valence-electron chi connectivity index (χ1n) is 11.8. The molecule has 186 valence electrons. The van der Waals surface area contributed by atoms with Crippen LogP contribution in [0.3, 0.4) is 0 Å². The predicted octanol–water partition coefficient (Wildman–Crippen LogP) is 7.03. The Hall–Kier alpha value is -3.29. The lowest BCUT2D eigenvalue weighted by molar-refractivity contribution is -0.114. The Morgan fingerprint density at radius 3 is 2.31 bits per heavy atom. The molecule has 1 amide bonds. The van der Waals surface area contributed by atoms with Crippen molar-refractivity contribution in [2.75, 3.05) is 5.32 Å². The summed E-state index contributed by atoms with van der Waals surface area (Å²) in [4.78, 5) is 16.9. The van der Waals surface area contributed by atoms with Crippen LogP contribution in [0.2, 0.25) is 5.02 Å². The molecule has 0 aliphatic carbocycles. The van der Waals surface area contributed by atoms with E-state index in [1.807, 2.05) is 55.5 Å². The Labute approximate surface area is 221 Å². The molecule has 2 aromatic carbocycles. The average Bonchev–Trinajstić information content (AvgIpc) is 3.28. The minimum Gasteiger partial charge on any atom is -0.326 e. The number of rotatable bonds is 3. The molecule has 0 spiro atoms. The van der Waals surface area contributed by atoms with E-state index >= 15 is 0 Å². The number of carbonyl (C=O) groups is 1. The number of aryl methyl sites for hydroxylation is 2. The highest BCUT2D eigenvalue weighted by Crippen LogP contribution is 2.36. The number of aromatic nitrogens is 3. The summed E-state index contributed by atoms with van der Waals surface area (Å²) in [5.74, 6) is 2.28. The van der Waals surface area contributed by atoms with Crippen molar-refractivity contribution in [2.24, 2.45) is 4.99 Å². The first-order chi connectivity index (χ1) is 17.2. The molecule has 2 aromatic heterocycles. The molecular formula is C28H30ClN5OS. The number of benzene rings is 2. The fourth-order valence-corrected chi connectivity index (χ4v) is 5.40. The Morgan fingerprint density at radius 1 is 1.03 bits per heavy atom. The number of fused-ring (bicyclic) bond motifs is 3. The van der Waals surface area contributed by atoms with Crippen LogP contribution in [-0.4, -0.2) is 26.4 Å². The van der Waals surface area contributed by atoms with Gasteiger partial charge in [0.2, 0.25) is 5.91 Å². The predicted molar refractivity (Wildman–Crippen MR) is 149 cm³/mol. The van der Waals surface area contributed by atoms with Gasteiger partial charge in [-0.3, -0.25) is 14.4 Å². The third-order valence-electron chi connectivity index (χ3n) is 6.09. The molecule has 1 aliphatic heterocycles. The van der Waals surface area contributed by atoms with Crippen molar-refractivity contribution in [1.29, 1.82) is 0 Å². The van der Waals surface area contributed by atoms with Gasteiger partial charge in [-0.2, -0.15) is 0 Å². The highest BCUT2D eigenvalue weighted by molar-refractivity contribution is 7.15. The number of hydrogen-bond donors (Lipinski definition) is 1. The van der Waals surface area contributed by atoms with E-state index in [1.165, 1.54) is 28.5 Å². The standard InChI is InChI=1S/C17H15ClN4S.C11H15NO/c1-9-10(2)23-17-15(9)16(12-4-6-13(18)7-5-12)19-8-14-21-20-11(3)22(14)17;1-8(2)10-4-6-11(7-5-10)12-9(3)13/h4-7H,8H2,1-3H3;4-8H,1-3H3,(H,12,13). The second-order valence-electron chi connectivity index (χ2n) is 9.09. The molecule has 1 N–H and O–H groups in total. The minimum absolute atomic E-state index is 0.0303. The van der Waals surface area contributed by atoms with E-state index in [-0.39, 0.29) is 5.91 Å². The Bertz CT molecular complexity index is 1420. The van der Waals surface area contributed by atoms with Crippen LogP contribution < -0.4 is 5.32 Å². The number of hydrogen-bond acceptors (Lipinski definition) is 5. The van der Waals surface area contributed by atoms with E-state index in [9.17, 15) is 4.79 Å². The molecule has 0 saturated heterocycles. The molecule has 0 saturated carbocycles. The average molecular weight is 520 g/mol. The molecule has 0 unspecified atom stereocenters. The van der Waals surface area contributed by atoms with Crippen LogP contribution in [0, 0.1) is 20.8 Å². The maximum Gasteiger partial charge on any atom is 0.221 e. The topological polar surface area (TPSA) is 72.2 Å². The van der Waals surface area contributed by atoms with Crippen molar-refractivity contribution in [2.45, 2.75) is 54.0 Å². The highest BCUT2D eigenvalue weighted by atomic mass is 35.5. The van der Waals surface area contributed by atoms with Crippen LogP contribution in [0.1, 0.15) is 65.5 Å². The van der Waals surface area contributed by atoms with Crippen molar-refractivity contribution >= 4 is 40.2 Å². The van der Waals surface area contributed by atoms with Gasteiger partial charge in [-0.15, -0.1) is 21.5 Å². The van der Waals surface area contributed by atoms with Gasteiger partial charge in [-0.25, -0.2) is 0 Å². The largest absolute Gasteiger partial charge is 0.326 e. The number of halogens is 1. The van der Waals surface area contributed by atoms with E-state index in [2.05, 4.69) is 47.8 Å². The van der Waals surface area contributed by atoms with E-state index in [1.54, 1.807) is 11.3 Å². The highest BCUT2D eigenvalue weighted by Gasteiger charge is 2.26. The minimum atomic E-state index is -0.0303. The third-order valence-corrected chi connectivity index (χ3v) is 7.54. The Kier molecular flexibility index (Phi) is 7.71. The summed E-state index contributed by atoms with van der Waals surface area (Å²) in [5, 5.41) is 13.1. The van der Waals surface area contributed by atoms with Crippen LogP contribution >= 0.6 is 22.9 Å². The summed E-state index contributed by atoms with van der Waals surface area (Å²) in [6, 6.07) is 15.8. The fourth-order valence-electron chi connectivity index (χ4n) is 4.04. The summed E-state index contributed by atoms with van der Waals surface area (Å²) >= 11 is 7.80. The molecular weight excluding hydrogens is 490 g/mol. The van der Waals surface area contributed by atoms with E-state index in [0.29, 0.717) is 12.5 Å². The molecule has 0 fully saturated rings. The quantitative estimate of drug-likeness (QED) is 0.316. The summed E-state index contributed by atoms with van der Waals surface area (Å²) in [6.45, 7) is 12.6. The zero-order valence-electron chi connectivity index (χ0n) is 21.4. The molecule has 0 radical (unpaired) electrons. The van der Waals surface area contributed by atoms with Gasteiger partial charge in [0, 0.05) is 33.6 Å². The van der Waals surface area contributed by atoms with Crippen molar-refractivity contribution in [3.05, 3.63) is 92.3 Å². The molecule has 1 aliphatic rings. The maximum absolute atomic E-state index is 10.7. The first kappa shape index (κ1) is 25.8. The number of nitrogens with zero attached hydrogens (tertiary/aromatic N) is 4. The van der Waals surface area contributed by atoms with Gasteiger partial charge in [0.15, 0.2) is 5.82 Å². The molecule has 5 rings (SSSR count). The molecule has 3 heterocycles. The lowest BCUT2D eigenvalue weighted by Gasteiger charge is -2.09. The van der Waals surface area contributed by atoms with Crippen molar-refractivity contribution < 1.29 is 4.79 Å². The van der Waals surface area contributed by atoms with Crippen molar-refractivity contribution in [1.82, 2.24) is 14.8 Å². The van der Waals surface area contributed by atoms with Crippen LogP contribution in [0.5, 0.6) is 0 Å². The number of carbonyl (C=O) groups excluding carboxylic acids is 1. The lowest BCUT2D eigenvalue weighted by Crippen LogP contribution is -2.07. The van der Waals surface area contributed by atoms with Crippen LogP contribution in [0.25, 0.3) is 5.00 Å². The van der Waals surface area contributed by atoms with Gasteiger partial charge in [-0.1, -0.05) is 49.7 Å². The van der Waals surface area contributed by atoms with Crippen molar-refractivity contribution in [3.8, 4) is 5.00 Å². The number of amides is 1. The molecule has 0 atom stereocenters. The SMILES string of the molecule is CC(=O)Nc1ccc(C(C)C)cc1.Cc1sc2c(c1C)C(c1ccc(Cl)cc1)=NCc1nnc(C)n1-2. The van der Waals surface area contributed by atoms with E-state index in [4.69, 9.17) is 16.6 Å². The van der Waals surface area contributed by atoms with Gasteiger partial charge in [0.1, 0.15) is 17.4 Å². The second-order valence-corrected chi connectivity index (χ2v) is 10.7. The van der Waals surface area contributed by atoms with Gasteiger partial charge in [-0.05, 0) is 62.1 Å². The summed E-state index contributed by atoms with van der Waals surface area (Å²) < 4.78 is 2.13. The van der Waals surface area contributed by atoms with Crippen LogP contribution in [0.15, 0.2) is 53.5 Å². The molecule has 4 aromatic rings. The first-order valence-corrected chi connectivity index (χ1v) is 13.0. The second kappa shape index (κ2) is 10.8. The van der Waals surface area contributed by atoms with Crippen LogP contribution in [0.4, 0.5) is 5.69 Å². The monoisotopic (exact) mass is 519 g/mol. The fraction of sp³-hybridized carbons (Fsp3) is 0.286. The third kappa shape index (κ3) is 5.42. The maximum atomic E-state index is 10.7. The molecule has 6 nitrogen and oxygen atoms in total. The van der Waals surface area contributed by atoms with Gasteiger partial charge >= 0.3 is 0 Å². The van der Waals surface area contributed by atoms with Crippen LogP contribution in [-0.2, 0) is 11.3 Å². The number of anilines is 1. The number of nitrogens with one attached hydrogen (secondary N) is 1. The number of aliphatic imine (C=N–C) groups is 1. The molecule has 0 bridgehead atoms. The normalized spacial score (nSPS) is 12.2. The zero-order chi connectivity index (χ0) is 26.0. The smallest absolute Gasteiger partial charge is 0.221 e. The van der Waals surface area contributed by atoms with E-state index in [0.717, 1.165) is 38.6 Å². The zero-order valence-corrected chi connectivity index (χ0v) is 23.0. The van der Waals surface area contributed by atoms with Gasteiger partial charge in [0.05, 0.1) is 5.71 Å². The van der Waals surface area contributed by atoms with Gasteiger partial charge < -0.3 is 5.32 Å². The number of thiophene rings is 1. The van der Waals surface area contributed by atoms with Gasteiger partial charge in [0.25, 0.3) is 0 Å². The Morgan fingerprint density at radius 2 is 1.69 bits per heavy atom. The molecule has 8 heteroatoms. The van der Waals surface area contributed by atoms with Crippen molar-refractivity contribution in [3.63, 3.8) is 0 Å². The summed E-state index contributed by atoms with van der Waals surface area (Å²) in [6.07, 6.45) is 0. The lowest BCUT2D eigenvalue weighted by atomic mass is 10.00. The Balaban J connectivity index is 0.000000200. The van der Waals surface area contributed by atoms with E-state index < -0.39 is 0 Å². The summed E-state index contributed by atoms with van der Waals surface area (Å²) in [7, 11) is 0. The summed E-state index contributed by atoms with van der Waals surface area (Å²) in [5.41, 5.74) is 6.67. The molecule has 36 heavy (non-hydrogen) atoms.